The Morgan fingerprint density at radius 1 is 1.00 bits per heavy atom. The molecule has 1 aliphatic carbocycles. The standard InChI is InChI=1S/C26H24F2N4O/c1-15-2-6-21-22(20-7-3-18(27)11-23(20)28)12-24(31-26(21)30-15)16-8-9-33-25(10-16)17-13-29-32(14-17)19-4-5-19/h2-3,6-7,11-14,16,19,25H,4-5,8-10H2,1H3/t16-,25+/m0/s1. The second kappa shape index (κ2) is 7.99. The van der Waals surface area contributed by atoms with Crippen LogP contribution in [0.4, 0.5) is 8.78 Å². The zero-order chi connectivity index (χ0) is 22.5. The highest BCUT2D eigenvalue weighted by Crippen LogP contribution is 2.41. The fourth-order valence-electron chi connectivity index (χ4n) is 4.71. The zero-order valence-corrected chi connectivity index (χ0v) is 18.3. The molecule has 3 aromatic heterocycles. The Kier molecular flexibility index (Phi) is 4.94. The molecule has 2 aliphatic rings. The summed E-state index contributed by atoms with van der Waals surface area (Å²) >= 11 is 0. The molecule has 33 heavy (non-hydrogen) atoms. The largest absolute Gasteiger partial charge is 0.373 e. The maximum absolute atomic E-state index is 14.8. The second-order valence-corrected chi connectivity index (χ2v) is 9.11. The fraction of sp³-hybridized carbons (Fsp3) is 0.346. The van der Waals surface area contributed by atoms with Crippen molar-refractivity contribution >= 4 is 11.0 Å². The van der Waals surface area contributed by atoms with Crippen molar-refractivity contribution in [1.82, 2.24) is 19.7 Å². The number of halogens is 2. The van der Waals surface area contributed by atoms with E-state index < -0.39 is 11.6 Å². The van der Waals surface area contributed by atoms with Gasteiger partial charge in [-0.05, 0) is 68.5 Å². The average Bonchev–Trinajstić information content (AvgIpc) is 3.54. The Morgan fingerprint density at radius 3 is 2.70 bits per heavy atom. The topological polar surface area (TPSA) is 52.8 Å². The molecule has 168 valence electrons. The molecule has 4 heterocycles. The van der Waals surface area contributed by atoms with Gasteiger partial charge in [-0.2, -0.15) is 5.10 Å². The molecule has 6 rings (SSSR count). The third kappa shape index (κ3) is 3.91. The van der Waals surface area contributed by atoms with Gasteiger partial charge in [-0.15, -0.1) is 0 Å². The molecule has 5 nitrogen and oxygen atoms in total. The van der Waals surface area contributed by atoms with Crippen molar-refractivity contribution in [3.63, 3.8) is 0 Å². The molecular formula is C26H24F2N4O. The van der Waals surface area contributed by atoms with E-state index in [4.69, 9.17) is 9.72 Å². The summed E-state index contributed by atoms with van der Waals surface area (Å²) in [5.74, 6) is -1.05. The van der Waals surface area contributed by atoms with E-state index in [1.807, 2.05) is 36.0 Å². The molecule has 0 amide bonds. The van der Waals surface area contributed by atoms with Gasteiger partial charge in [0, 0.05) is 52.7 Å². The van der Waals surface area contributed by atoms with Crippen LogP contribution in [0.5, 0.6) is 0 Å². The van der Waals surface area contributed by atoms with E-state index in [0.717, 1.165) is 41.2 Å². The molecule has 1 saturated carbocycles. The van der Waals surface area contributed by atoms with Gasteiger partial charge in [-0.3, -0.25) is 4.68 Å². The van der Waals surface area contributed by atoms with Gasteiger partial charge >= 0.3 is 0 Å². The van der Waals surface area contributed by atoms with E-state index >= 15 is 0 Å². The molecule has 0 radical (unpaired) electrons. The van der Waals surface area contributed by atoms with Crippen LogP contribution >= 0.6 is 0 Å². The zero-order valence-electron chi connectivity index (χ0n) is 18.3. The van der Waals surface area contributed by atoms with E-state index in [1.165, 1.54) is 25.0 Å². The smallest absolute Gasteiger partial charge is 0.160 e. The highest BCUT2D eigenvalue weighted by atomic mass is 19.1. The lowest BCUT2D eigenvalue weighted by Gasteiger charge is -2.29. The summed E-state index contributed by atoms with van der Waals surface area (Å²) in [7, 11) is 0. The number of rotatable bonds is 4. The van der Waals surface area contributed by atoms with Gasteiger partial charge in [-0.25, -0.2) is 18.7 Å². The third-order valence-corrected chi connectivity index (χ3v) is 6.67. The number of hydrogen-bond acceptors (Lipinski definition) is 4. The third-order valence-electron chi connectivity index (χ3n) is 6.67. The van der Waals surface area contributed by atoms with Crippen LogP contribution in [0.3, 0.4) is 0 Å². The van der Waals surface area contributed by atoms with Crippen LogP contribution in [0.2, 0.25) is 0 Å². The van der Waals surface area contributed by atoms with Crippen LogP contribution in [0, 0.1) is 18.6 Å². The number of hydrogen-bond donors (Lipinski definition) is 0. The van der Waals surface area contributed by atoms with Gasteiger partial charge in [0.2, 0.25) is 0 Å². The number of aromatic nitrogens is 4. The van der Waals surface area contributed by atoms with Gasteiger partial charge in [0.05, 0.1) is 18.3 Å². The van der Waals surface area contributed by atoms with Gasteiger partial charge in [0.15, 0.2) is 5.65 Å². The quantitative estimate of drug-likeness (QED) is 0.383. The van der Waals surface area contributed by atoms with Crippen LogP contribution in [-0.4, -0.2) is 26.4 Å². The summed E-state index contributed by atoms with van der Waals surface area (Å²) in [6.07, 6.45) is 7.92. The van der Waals surface area contributed by atoms with Crippen LogP contribution in [0.25, 0.3) is 22.2 Å². The van der Waals surface area contributed by atoms with Crippen molar-refractivity contribution in [2.75, 3.05) is 6.61 Å². The summed E-state index contributed by atoms with van der Waals surface area (Å²) in [6, 6.07) is 9.96. The molecule has 0 N–H and O–H groups in total. The minimum Gasteiger partial charge on any atom is -0.373 e. The summed E-state index contributed by atoms with van der Waals surface area (Å²) in [5.41, 5.74) is 4.41. The predicted molar refractivity (Wildman–Crippen MR) is 121 cm³/mol. The van der Waals surface area contributed by atoms with Crippen molar-refractivity contribution in [1.29, 1.82) is 0 Å². The lowest BCUT2D eigenvalue weighted by Crippen LogP contribution is -2.19. The molecule has 2 fully saturated rings. The average molecular weight is 447 g/mol. The first-order valence-corrected chi connectivity index (χ1v) is 11.4. The molecule has 4 aromatic rings. The molecule has 0 bridgehead atoms. The number of fused-ring (bicyclic) bond motifs is 1. The predicted octanol–water partition coefficient (Wildman–Crippen LogP) is 6.05. The Labute approximate surface area is 190 Å². The van der Waals surface area contributed by atoms with Crippen LogP contribution in [0.1, 0.15) is 60.7 Å². The summed E-state index contributed by atoms with van der Waals surface area (Å²) in [4.78, 5) is 9.50. The van der Waals surface area contributed by atoms with E-state index in [2.05, 4.69) is 16.3 Å². The monoisotopic (exact) mass is 446 g/mol. The van der Waals surface area contributed by atoms with E-state index in [-0.39, 0.29) is 12.0 Å². The molecule has 0 unspecified atom stereocenters. The normalized spacial score (nSPS) is 20.9. The van der Waals surface area contributed by atoms with Gasteiger partial charge in [-0.1, -0.05) is 0 Å². The summed E-state index contributed by atoms with van der Waals surface area (Å²) in [6.45, 7) is 2.53. The van der Waals surface area contributed by atoms with E-state index in [0.29, 0.717) is 29.4 Å². The van der Waals surface area contributed by atoms with Gasteiger partial charge in [0.25, 0.3) is 0 Å². The van der Waals surface area contributed by atoms with Crippen molar-refractivity contribution in [3.8, 4) is 11.1 Å². The Bertz CT molecular complexity index is 1350. The number of benzene rings is 1. The van der Waals surface area contributed by atoms with E-state index in [9.17, 15) is 8.78 Å². The lowest BCUT2D eigenvalue weighted by atomic mass is 9.88. The van der Waals surface area contributed by atoms with Crippen molar-refractivity contribution < 1.29 is 13.5 Å². The highest BCUT2D eigenvalue weighted by molar-refractivity contribution is 5.93. The van der Waals surface area contributed by atoms with Crippen molar-refractivity contribution in [2.45, 2.75) is 50.7 Å². The van der Waals surface area contributed by atoms with Gasteiger partial charge < -0.3 is 4.74 Å². The summed E-state index contributed by atoms with van der Waals surface area (Å²) < 4.78 is 36.5. The highest BCUT2D eigenvalue weighted by Gasteiger charge is 2.30. The number of ether oxygens (including phenoxy) is 1. The lowest BCUT2D eigenvalue weighted by molar-refractivity contribution is 0.00464. The Hall–Kier alpha value is -3.19. The van der Waals surface area contributed by atoms with Crippen molar-refractivity contribution in [3.05, 3.63) is 77.4 Å². The SMILES string of the molecule is Cc1ccc2c(-c3ccc(F)cc3F)cc([C@H]3CCO[C@@H](c4cnn(C5CC5)c4)C3)nc2n1. The fourth-order valence-corrected chi connectivity index (χ4v) is 4.71. The molecule has 2 atom stereocenters. The molecule has 7 heteroatoms. The van der Waals surface area contributed by atoms with Crippen LogP contribution in [0.15, 0.2) is 48.8 Å². The number of nitrogens with zero attached hydrogens (tertiary/aromatic N) is 4. The number of pyridine rings is 2. The Morgan fingerprint density at radius 2 is 1.88 bits per heavy atom. The molecule has 0 spiro atoms. The minimum atomic E-state index is -0.595. The second-order valence-electron chi connectivity index (χ2n) is 9.11. The maximum atomic E-state index is 14.8. The first-order chi connectivity index (χ1) is 16.0. The maximum Gasteiger partial charge on any atom is 0.160 e. The molecule has 1 aromatic carbocycles. The first-order valence-electron chi connectivity index (χ1n) is 11.4. The number of aryl methyl sites for hydroxylation is 1. The van der Waals surface area contributed by atoms with Crippen LogP contribution < -0.4 is 0 Å². The molecular weight excluding hydrogens is 422 g/mol. The van der Waals surface area contributed by atoms with Crippen molar-refractivity contribution in [2.24, 2.45) is 0 Å². The minimum absolute atomic E-state index is 0.0507. The first kappa shape index (κ1) is 20.4. The Balaban J connectivity index is 1.39. The molecule has 1 aliphatic heterocycles. The molecule has 1 saturated heterocycles. The van der Waals surface area contributed by atoms with E-state index in [1.54, 1.807) is 0 Å². The summed E-state index contributed by atoms with van der Waals surface area (Å²) in [5, 5.41) is 5.26. The van der Waals surface area contributed by atoms with Gasteiger partial charge in [0.1, 0.15) is 11.6 Å². The van der Waals surface area contributed by atoms with Crippen LogP contribution in [-0.2, 0) is 4.74 Å².